The predicted molar refractivity (Wildman–Crippen MR) is 82.1 cm³/mol. The Bertz CT molecular complexity index is 693. The first kappa shape index (κ1) is 14.9. The van der Waals surface area contributed by atoms with Gasteiger partial charge in [0.2, 0.25) is 5.91 Å². The molecule has 2 aromatic carbocycles. The van der Waals surface area contributed by atoms with Crippen LogP contribution in [0.3, 0.4) is 0 Å². The normalized spacial score (nSPS) is 11.4. The van der Waals surface area contributed by atoms with Crippen molar-refractivity contribution >= 4 is 22.4 Å². The van der Waals surface area contributed by atoms with Gasteiger partial charge in [-0.2, -0.15) is 5.26 Å². The van der Waals surface area contributed by atoms with E-state index in [2.05, 4.69) is 5.32 Å². The summed E-state index contributed by atoms with van der Waals surface area (Å²) in [7, 11) is -1.19. The Morgan fingerprint density at radius 2 is 1.76 bits per heavy atom. The summed E-state index contributed by atoms with van der Waals surface area (Å²) >= 11 is 0. The Hall–Kier alpha value is -2.45. The van der Waals surface area contributed by atoms with E-state index >= 15 is 0 Å². The molecule has 0 aliphatic carbocycles. The average Bonchev–Trinajstić information content (AvgIpc) is 2.54. The summed E-state index contributed by atoms with van der Waals surface area (Å²) in [6, 6.07) is 17.8. The quantitative estimate of drug-likeness (QED) is 0.922. The van der Waals surface area contributed by atoms with E-state index in [1.54, 1.807) is 36.4 Å². The molecule has 0 aliphatic heterocycles. The summed E-state index contributed by atoms with van der Waals surface area (Å²) in [5.74, 6) is 0.00637. The number of benzene rings is 2. The zero-order valence-corrected chi connectivity index (χ0v) is 12.1. The fourth-order valence-electron chi connectivity index (χ4n) is 1.78. The van der Waals surface area contributed by atoms with Crippen LogP contribution in [0.25, 0.3) is 0 Å². The third kappa shape index (κ3) is 4.26. The van der Waals surface area contributed by atoms with E-state index in [0.29, 0.717) is 16.1 Å². The van der Waals surface area contributed by atoms with Crippen molar-refractivity contribution in [3.05, 3.63) is 60.2 Å². The number of amides is 1. The number of carbonyl (C=O) groups excluding carboxylic acids is 1. The molecule has 0 spiro atoms. The fourth-order valence-corrected chi connectivity index (χ4v) is 2.85. The van der Waals surface area contributed by atoms with E-state index in [1.807, 2.05) is 24.3 Å². The maximum atomic E-state index is 12.0. The minimum Gasteiger partial charge on any atom is -0.325 e. The van der Waals surface area contributed by atoms with Crippen LogP contribution in [0.1, 0.15) is 12.0 Å². The summed E-state index contributed by atoms with van der Waals surface area (Å²) < 4.78 is 12.0. The molecule has 1 atom stereocenters. The number of hydrogen-bond acceptors (Lipinski definition) is 3. The van der Waals surface area contributed by atoms with Crippen molar-refractivity contribution in [1.82, 2.24) is 0 Å². The number of rotatable bonds is 5. The minimum atomic E-state index is -1.19. The molecule has 2 rings (SSSR count). The molecule has 0 saturated carbocycles. The minimum absolute atomic E-state index is 0.140. The van der Waals surface area contributed by atoms with Gasteiger partial charge in [0.25, 0.3) is 0 Å². The lowest BCUT2D eigenvalue weighted by Gasteiger charge is -2.06. The van der Waals surface area contributed by atoms with Crippen molar-refractivity contribution in [3.8, 4) is 6.07 Å². The van der Waals surface area contributed by atoms with E-state index in [0.717, 1.165) is 0 Å². The maximum Gasteiger partial charge on any atom is 0.225 e. The van der Waals surface area contributed by atoms with Crippen LogP contribution in [0.4, 0.5) is 5.69 Å². The van der Waals surface area contributed by atoms with Crippen LogP contribution in [0, 0.1) is 11.3 Å². The van der Waals surface area contributed by atoms with Crippen molar-refractivity contribution in [1.29, 1.82) is 5.26 Å². The average molecular weight is 298 g/mol. The molecule has 0 heterocycles. The molecule has 1 N–H and O–H groups in total. The molecule has 0 fully saturated rings. The van der Waals surface area contributed by atoms with Crippen molar-refractivity contribution in [2.75, 3.05) is 11.1 Å². The third-order valence-electron chi connectivity index (χ3n) is 2.84. The van der Waals surface area contributed by atoms with Gasteiger partial charge in [0.05, 0.1) is 22.1 Å². The highest BCUT2D eigenvalue weighted by atomic mass is 32.2. The summed E-state index contributed by atoms with van der Waals surface area (Å²) in [6.45, 7) is 0. The van der Waals surface area contributed by atoms with Crippen molar-refractivity contribution in [2.24, 2.45) is 0 Å². The van der Waals surface area contributed by atoms with Gasteiger partial charge < -0.3 is 5.32 Å². The second-order valence-corrected chi connectivity index (χ2v) is 5.89. The standard InChI is InChI=1S/C16H14N2O2S/c17-12-13-6-4-5-9-15(13)18-16(19)10-11-21(20)14-7-2-1-3-8-14/h1-9H,10-11H2,(H,18,19). The first-order chi connectivity index (χ1) is 10.2. The molecule has 4 nitrogen and oxygen atoms in total. The molecule has 2 aromatic rings. The fraction of sp³-hybridized carbons (Fsp3) is 0.125. The Morgan fingerprint density at radius 1 is 1.10 bits per heavy atom. The number of nitrogens with one attached hydrogen (secondary N) is 1. The SMILES string of the molecule is N#Cc1ccccc1NC(=O)CCS(=O)c1ccccc1. The van der Waals surface area contributed by atoms with Crippen molar-refractivity contribution in [3.63, 3.8) is 0 Å². The van der Waals surface area contributed by atoms with E-state index in [-0.39, 0.29) is 18.1 Å². The summed E-state index contributed by atoms with van der Waals surface area (Å²) in [5.41, 5.74) is 0.894. The van der Waals surface area contributed by atoms with Crippen LogP contribution in [-0.2, 0) is 15.6 Å². The van der Waals surface area contributed by atoms with Gasteiger partial charge in [0, 0.05) is 17.1 Å². The summed E-state index contributed by atoms with van der Waals surface area (Å²) in [4.78, 5) is 12.6. The monoisotopic (exact) mass is 298 g/mol. The molecule has 0 aromatic heterocycles. The molecule has 0 bridgehead atoms. The Labute approximate surface area is 125 Å². The smallest absolute Gasteiger partial charge is 0.225 e. The molecule has 1 amide bonds. The Balaban J connectivity index is 1.91. The maximum absolute atomic E-state index is 12.0. The molecule has 5 heteroatoms. The van der Waals surface area contributed by atoms with E-state index in [1.165, 1.54) is 0 Å². The summed E-state index contributed by atoms with van der Waals surface area (Å²) in [6.07, 6.45) is 0.140. The van der Waals surface area contributed by atoms with Gasteiger partial charge in [0.1, 0.15) is 6.07 Å². The third-order valence-corrected chi connectivity index (χ3v) is 4.22. The largest absolute Gasteiger partial charge is 0.325 e. The Kier molecular flexibility index (Phi) is 5.24. The predicted octanol–water partition coefficient (Wildman–Crippen LogP) is 2.69. The molecule has 21 heavy (non-hydrogen) atoms. The van der Waals surface area contributed by atoms with Gasteiger partial charge in [-0.05, 0) is 24.3 Å². The summed E-state index contributed by atoms with van der Waals surface area (Å²) in [5, 5.41) is 11.6. The van der Waals surface area contributed by atoms with Crippen LogP contribution >= 0.6 is 0 Å². The number of nitrogens with zero attached hydrogens (tertiary/aromatic N) is 1. The molecule has 106 valence electrons. The second kappa shape index (κ2) is 7.36. The van der Waals surface area contributed by atoms with E-state index in [4.69, 9.17) is 5.26 Å². The van der Waals surface area contributed by atoms with Crippen LogP contribution in [0.2, 0.25) is 0 Å². The first-order valence-electron chi connectivity index (χ1n) is 6.43. The van der Waals surface area contributed by atoms with Gasteiger partial charge in [-0.25, -0.2) is 0 Å². The lowest BCUT2D eigenvalue weighted by atomic mass is 10.2. The first-order valence-corrected chi connectivity index (χ1v) is 7.75. The second-order valence-electron chi connectivity index (χ2n) is 4.32. The van der Waals surface area contributed by atoms with Crippen LogP contribution < -0.4 is 5.32 Å². The topological polar surface area (TPSA) is 70.0 Å². The van der Waals surface area contributed by atoms with Gasteiger partial charge >= 0.3 is 0 Å². The van der Waals surface area contributed by atoms with E-state index < -0.39 is 10.8 Å². The van der Waals surface area contributed by atoms with Gasteiger partial charge in [-0.1, -0.05) is 30.3 Å². The van der Waals surface area contributed by atoms with E-state index in [9.17, 15) is 9.00 Å². The van der Waals surface area contributed by atoms with Crippen molar-refractivity contribution < 1.29 is 9.00 Å². The van der Waals surface area contributed by atoms with Gasteiger partial charge in [-0.3, -0.25) is 9.00 Å². The van der Waals surface area contributed by atoms with Crippen LogP contribution in [0.15, 0.2) is 59.5 Å². The number of para-hydroxylation sites is 1. The number of carbonyl (C=O) groups is 1. The number of nitriles is 1. The highest BCUT2D eigenvalue weighted by Crippen LogP contribution is 2.14. The van der Waals surface area contributed by atoms with Crippen LogP contribution in [-0.4, -0.2) is 15.9 Å². The van der Waals surface area contributed by atoms with Gasteiger partial charge in [0.15, 0.2) is 0 Å². The lowest BCUT2D eigenvalue weighted by Crippen LogP contribution is -2.15. The molecular weight excluding hydrogens is 284 g/mol. The number of anilines is 1. The highest BCUT2D eigenvalue weighted by Gasteiger charge is 2.09. The molecular formula is C16H14N2O2S. The van der Waals surface area contributed by atoms with Gasteiger partial charge in [-0.15, -0.1) is 0 Å². The number of hydrogen-bond donors (Lipinski definition) is 1. The zero-order chi connectivity index (χ0) is 15.1. The lowest BCUT2D eigenvalue weighted by molar-refractivity contribution is -0.115. The highest BCUT2D eigenvalue weighted by molar-refractivity contribution is 7.85. The Morgan fingerprint density at radius 3 is 2.48 bits per heavy atom. The van der Waals surface area contributed by atoms with Crippen molar-refractivity contribution in [2.45, 2.75) is 11.3 Å². The molecule has 0 saturated heterocycles. The molecule has 0 radical (unpaired) electrons. The zero-order valence-electron chi connectivity index (χ0n) is 11.3. The molecule has 0 aliphatic rings. The molecule has 1 unspecified atom stereocenters. The van der Waals surface area contributed by atoms with Crippen LogP contribution in [0.5, 0.6) is 0 Å².